The first-order valence-electron chi connectivity index (χ1n) is 7.84. The van der Waals surface area contributed by atoms with Crippen LogP contribution < -0.4 is 9.73 Å². The van der Waals surface area contributed by atoms with E-state index in [1.807, 2.05) is 24.3 Å². The highest BCUT2D eigenvalue weighted by Crippen LogP contribution is 2.20. The number of rotatable bonds is 6. The van der Waals surface area contributed by atoms with Crippen LogP contribution in [0.1, 0.15) is 19.4 Å². The first-order valence-corrected chi connectivity index (χ1v) is 10.5. The van der Waals surface area contributed by atoms with Crippen LogP contribution in [0.4, 0.5) is 5.69 Å². The summed E-state index contributed by atoms with van der Waals surface area (Å²) >= 11 is 3.36. The van der Waals surface area contributed by atoms with Gasteiger partial charge in [0.25, 0.3) is 5.91 Å². The molecule has 0 bridgehead atoms. The number of sulfonamides is 1. The highest BCUT2D eigenvalue weighted by Gasteiger charge is 2.28. The minimum atomic E-state index is -3.64. The third kappa shape index (κ3) is 5.15. The van der Waals surface area contributed by atoms with Crippen LogP contribution in [0.25, 0.3) is 0 Å². The van der Waals surface area contributed by atoms with Crippen molar-refractivity contribution in [2.75, 3.05) is 10.6 Å². The summed E-state index contributed by atoms with van der Waals surface area (Å²) in [6, 6.07) is 15.0. The molecule has 6 nitrogen and oxygen atoms in total. The molecule has 138 valence electrons. The first-order chi connectivity index (χ1) is 12.2. The minimum absolute atomic E-state index is 0.422. The first kappa shape index (κ1) is 20.1. The lowest BCUT2D eigenvalue weighted by molar-refractivity contribution is -0.121. The van der Waals surface area contributed by atoms with Crippen molar-refractivity contribution >= 4 is 43.3 Å². The molecule has 8 heteroatoms. The van der Waals surface area contributed by atoms with Crippen LogP contribution >= 0.6 is 15.9 Å². The van der Waals surface area contributed by atoms with Gasteiger partial charge in [-0.1, -0.05) is 46.3 Å². The van der Waals surface area contributed by atoms with Crippen LogP contribution in [-0.4, -0.2) is 32.3 Å². The number of hydrogen-bond donors (Lipinski definition) is 1. The zero-order valence-corrected chi connectivity index (χ0v) is 17.1. The lowest BCUT2D eigenvalue weighted by Gasteiger charge is -2.27. The van der Waals surface area contributed by atoms with Crippen LogP contribution in [-0.2, 0) is 14.8 Å². The number of anilines is 1. The summed E-state index contributed by atoms with van der Waals surface area (Å²) in [5.74, 6) is -0.518. The normalized spacial score (nSPS) is 13.2. The molecule has 0 unspecified atom stereocenters. The Balaban J connectivity index is 2.19. The van der Waals surface area contributed by atoms with Gasteiger partial charge in [0.15, 0.2) is 0 Å². The predicted octanol–water partition coefficient (Wildman–Crippen LogP) is 3.14. The number of halogens is 1. The van der Waals surface area contributed by atoms with Gasteiger partial charge < -0.3 is 0 Å². The Bertz CT molecular complexity index is 897. The molecule has 0 heterocycles. The van der Waals surface area contributed by atoms with E-state index in [4.69, 9.17) is 0 Å². The maximum Gasteiger partial charge on any atom is 0.263 e. The van der Waals surface area contributed by atoms with Gasteiger partial charge in [-0.05, 0) is 43.7 Å². The van der Waals surface area contributed by atoms with E-state index in [9.17, 15) is 13.2 Å². The van der Waals surface area contributed by atoms with E-state index in [0.29, 0.717) is 11.4 Å². The Hall–Kier alpha value is -2.19. The van der Waals surface area contributed by atoms with Crippen molar-refractivity contribution in [3.63, 3.8) is 0 Å². The van der Waals surface area contributed by atoms with Gasteiger partial charge in [-0.25, -0.2) is 13.8 Å². The second kappa shape index (κ2) is 8.46. The number of carbonyl (C=O) groups is 1. The van der Waals surface area contributed by atoms with Gasteiger partial charge in [0, 0.05) is 4.47 Å². The maximum absolute atomic E-state index is 12.5. The monoisotopic (exact) mass is 437 g/mol. The molecule has 2 rings (SSSR count). The molecule has 0 saturated heterocycles. The highest BCUT2D eigenvalue weighted by molar-refractivity contribution is 9.10. The molecule has 2 aromatic carbocycles. The summed E-state index contributed by atoms with van der Waals surface area (Å²) in [4.78, 5) is 12.5. The molecule has 2 aromatic rings. The van der Waals surface area contributed by atoms with Crippen LogP contribution in [0, 0.1) is 0 Å². The van der Waals surface area contributed by atoms with Gasteiger partial charge in [0.05, 0.1) is 17.7 Å². The average molecular weight is 438 g/mol. The van der Waals surface area contributed by atoms with Crippen molar-refractivity contribution in [2.45, 2.75) is 19.9 Å². The lowest BCUT2D eigenvalue weighted by Crippen LogP contribution is -2.46. The smallest absolute Gasteiger partial charge is 0.263 e. The van der Waals surface area contributed by atoms with Gasteiger partial charge in [0.2, 0.25) is 10.0 Å². The summed E-state index contributed by atoms with van der Waals surface area (Å²) in [5, 5.41) is 4.08. The fourth-order valence-electron chi connectivity index (χ4n) is 2.37. The summed E-state index contributed by atoms with van der Waals surface area (Å²) in [7, 11) is -3.64. The molecule has 0 aliphatic rings. The standard InChI is InChI=1S/C18H20BrN3O3S/c1-13(15-9-11-16(19)12-10-15)20-21-18(23)14(2)22(26(3,24)25)17-7-5-4-6-8-17/h4-12,14H,1-3H3,(H,21,23)/b20-13-/t14-/m1/s1. The molecular weight excluding hydrogens is 418 g/mol. The van der Waals surface area contributed by atoms with Gasteiger partial charge in [0.1, 0.15) is 6.04 Å². The topological polar surface area (TPSA) is 78.8 Å². The molecule has 0 radical (unpaired) electrons. The van der Waals surface area contributed by atoms with Crippen molar-refractivity contribution in [1.82, 2.24) is 5.43 Å². The molecule has 1 N–H and O–H groups in total. The SMILES string of the molecule is C/C(=N/NC(=O)[C@@H](C)N(c1ccccc1)S(C)(=O)=O)c1ccc(Br)cc1. The quantitative estimate of drug-likeness (QED) is 0.556. The number of hydrazone groups is 1. The summed E-state index contributed by atoms with van der Waals surface area (Å²) in [5.41, 5.74) is 4.34. The van der Waals surface area contributed by atoms with E-state index in [1.165, 1.54) is 6.92 Å². The fraction of sp³-hybridized carbons (Fsp3) is 0.222. The van der Waals surface area contributed by atoms with Crippen molar-refractivity contribution in [2.24, 2.45) is 5.10 Å². The predicted molar refractivity (Wildman–Crippen MR) is 108 cm³/mol. The zero-order valence-electron chi connectivity index (χ0n) is 14.7. The molecule has 26 heavy (non-hydrogen) atoms. The van der Waals surface area contributed by atoms with E-state index in [2.05, 4.69) is 26.5 Å². The molecule has 1 atom stereocenters. The number of para-hydroxylation sites is 1. The molecular formula is C18H20BrN3O3S. The van der Waals surface area contributed by atoms with E-state index < -0.39 is 22.0 Å². The molecule has 0 aromatic heterocycles. The molecule has 0 spiro atoms. The summed E-state index contributed by atoms with van der Waals surface area (Å²) in [6.45, 7) is 3.29. The Kier molecular flexibility index (Phi) is 6.55. The molecule has 0 aliphatic heterocycles. The minimum Gasteiger partial charge on any atom is -0.271 e. The second-order valence-electron chi connectivity index (χ2n) is 5.75. The third-order valence-corrected chi connectivity index (χ3v) is 5.47. The van der Waals surface area contributed by atoms with Gasteiger partial charge >= 0.3 is 0 Å². The molecule has 0 saturated carbocycles. The average Bonchev–Trinajstić information content (AvgIpc) is 2.59. The third-order valence-electron chi connectivity index (χ3n) is 3.69. The Morgan fingerprint density at radius 3 is 2.23 bits per heavy atom. The number of nitrogens with zero attached hydrogens (tertiary/aromatic N) is 2. The van der Waals surface area contributed by atoms with Crippen LogP contribution in [0.3, 0.4) is 0 Å². The van der Waals surface area contributed by atoms with Crippen molar-refractivity contribution in [3.05, 3.63) is 64.6 Å². The van der Waals surface area contributed by atoms with Crippen molar-refractivity contribution < 1.29 is 13.2 Å². The van der Waals surface area contributed by atoms with E-state index >= 15 is 0 Å². The number of benzene rings is 2. The van der Waals surface area contributed by atoms with Crippen LogP contribution in [0.15, 0.2) is 64.2 Å². The second-order valence-corrected chi connectivity index (χ2v) is 8.53. The number of amides is 1. The number of nitrogens with one attached hydrogen (secondary N) is 1. The Labute approximate surface area is 162 Å². The largest absolute Gasteiger partial charge is 0.271 e. The molecule has 0 aliphatic carbocycles. The summed E-state index contributed by atoms with van der Waals surface area (Å²) in [6.07, 6.45) is 1.07. The maximum atomic E-state index is 12.5. The molecule has 0 fully saturated rings. The lowest BCUT2D eigenvalue weighted by atomic mass is 10.1. The van der Waals surface area contributed by atoms with Gasteiger partial charge in [-0.15, -0.1) is 0 Å². The van der Waals surface area contributed by atoms with Gasteiger partial charge in [-0.2, -0.15) is 5.10 Å². The number of carbonyl (C=O) groups excluding carboxylic acids is 1. The highest BCUT2D eigenvalue weighted by atomic mass is 79.9. The molecule has 1 amide bonds. The Morgan fingerprint density at radius 1 is 1.12 bits per heavy atom. The van der Waals surface area contributed by atoms with Gasteiger partial charge in [-0.3, -0.25) is 9.10 Å². The van der Waals surface area contributed by atoms with E-state index in [-0.39, 0.29) is 0 Å². The van der Waals surface area contributed by atoms with Crippen molar-refractivity contribution in [1.29, 1.82) is 0 Å². The summed E-state index contributed by atoms with van der Waals surface area (Å²) < 4.78 is 26.4. The fourth-order valence-corrected chi connectivity index (χ4v) is 3.81. The van der Waals surface area contributed by atoms with Crippen LogP contribution in [0.5, 0.6) is 0 Å². The van der Waals surface area contributed by atoms with E-state index in [1.54, 1.807) is 37.3 Å². The van der Waals surface area contributed by atoms with E-state index in [0.717, 1.165) is 20.6 Å². The Morgan fingerprint density at radius 2 is 1.69 bits per heavy atom. The van der Waals surface area contributed by atoms with Crippen LogP contribution in [0.2, 0.25) is 0 Å². The number of hydrogen-bond acceptors (Lipinski definition) is 4. The zero-order chi connectivity index (χ0) is 19.3. The van der Waals surface area contributed by atoms with Crippen molar-refractivity contribution in [3.8, 4) is 0 Å².